The summed E-state index contributed by atoms with van der Waals surface area (Å²) < 4.78 is 22.8. The Kier molecular flexibility index (Phi) is 8.00. The van der Waals surface area contributed by atoms with Crippen LogP contribution in [-0.4, -0.2) is 26.0 Å². The van der Waals surface area contributed by atoms with E-state index >= 15 is 0 Å². The summed E-state index contributed by atoms with van der Waals surface area (Å²) in [6.07, 6.45) is 12.2. The van der Waals surface area contributed by atoms with Crippen molar-refractivity contribution in [2.24, 2.45) is 11.7 Å². The van der Waals surface area contributed by atoms with E-state index in [1.807, 2.05) is 0 Å². The molecule has 0 aliphatic carbocycles. The Morgan fingerprint density at radius 3 is 2.16 bits per heavy atom. The number of nitrogens with two attached hydrogens (primary N) is 1. The quantitative estimate of drug-likeness (QED) is 0.628. The summed E-state index contributed by atoms with van der Waals surface area (Å²) in [5, 5.41) is 0. The van der Waals surface area contributed by atoms with E-state index in [0.29, 0.717) is 11.5 Å². The van der Waals surface area contributed by atoms with Crippen LogP contribution in [0.25, 0.3) is 0 Å². The molecule has 0 saturated carbocycles. The first-order valence-electron chi connectivity index (χ1n) is 8.01. The van der Waals surface area contributed by atoms with Crippen molar-refractivity contribution >= 4 is 9.84 Å². The van der Waals surface area contributed by atoms with Crippen LogP contribution in [0.5, 0.6) is 0 Å². The fraction of sp³-hybridized carbons (Fsp3) is 1.00. The van der Waals surface area contributed by atoms with Gasteiger partial charge in [-0.25, -0.2) is 8.42 Å². The van der Waals surface area contributed by atoms with Crippen LogP contribution in [0.15, 0.2) is 0 Å². The number of hydrogen-bond donors (Lipinski definition) is 1. The van der Waals surface area contributed by atoms with Crippen LogP contribution >= 0.6 is 0 Å². The second kappa shape index (κ2) is 8.96. The van der Waals surface area contributed by atoms with Gasteiger partial charge in [0.05, 0.1) is 11.5 Å². The molecule has 1 aliphatic heterocycles. The second-order valence-electron chi connectivity index (χ2n) is 6.09. The minimum atomic E-state index is -2.77. The number of hydrogen-bond acceptors (Lipinski definition) is 3. The Labute approximate surface area is 119 Å². The van der Waals surface area contributed by atoms with Gasteiger partial charge in [0, 0.05) is 6.04 Å². The van der Waals surface area contributed by atoms with Crippen molar-refractivity contribution in [3.63, 3.8) is 0 Å². The fourth-order valence-corrected chi connectivity index (χ4v) is 4.81. The first-order chi connectivity index (χ1) is 9.05. The van der Waals surface area contributed by atoms with E-state index in [1.54, 1.807) is 0 Å². The zero-order chi connectivity index (χ0) is 14.1. The lowest BCUT2D eigenvalue weighted by molar-refractivity contribution is 0.418. The Morgan fingerprint density at radius 1 is 1.05 bits per heavy atom. The summed E-state index contributed by atoms with van der Waals surface area (Å²) in [4.78, 5) is 0. The van der Waals surface area contributed by atoms with Crippen molar-refractivity contribution in [2.45, 2.75) is 77.2 Å². The molecule has 4 heteroatoms. The Hall–Kier alpha value is -0.0900. The van der Waals surface area contributed by atoms with Gasteiger partial charge in [-0.15, -0.1) is 0 Å². The van der Waals surface area contributed by atoms with Gasteiger partial charge in [0.25, 0.3) is 0 Å². The van der Waals surface area contributed by atoms with E-state index in [4.69, 9.17) is 5.73 Å². The minimum absolute atomic E-state index is 0.0948. The van der Waals surface area contributed by atoms with Crippen molar-refractivity contribution < 1.29 is 8.42 Å². The van der Waals surface area contributed by atoms with Gasteiger partial charge in [-0.05, 0) is 18.8 Å². The van der Waals surface area contributed by atoms with E-state index < -0.39 is 9.84 Å². The molecule has 1 rings (SSSR count). The molecule has 0 aromatic heterocycles. The molecule has 3 nitrogen and oxygen atoms in total. The monoisotopic (exact) mass is 289 g/mol. The maximum absolute atomic E-state index is 11.4. The molecule has 19 heavy (non-hydrogen) atoms. The molecule has 114 valence electrons. The molecule has 0 bridgehead atoms. The van der Waals surface area contributed by atoms with Gasteiger partial charge in [-0.2, -0.15) is 0 Å². The molecule has 0 radical (unpaired) electrons. The van der Waals surface area contributed by atoms with Gasteiger partial charge in [0.2, 0.25) is 0 Å². The van der Waals surface area contributed by atoms with Crippen LogP contribution in [0.3, 0.4) is 0 Å². The molecule has 1 aliphatic rings. The maximum Gasteiger partial charge on any atom is 0.150 e. The maximum atomic E-state index is 11.4. The number of unbranched alkanes of at least 4 members (excludes halogenated alkanes) is 7. The van der Waals surface area contributed by atoms with Crippen LogP contribution in [0.1, 0.15) is 71.1 Å². The standard InChI is InChI=1S/C15H31NO2S/c1-2-3-4-5-6-7-8-9-10-15(16)14-11-12-19(17,18)13-14/h14-15H,2-13,16H2,1H3. The molecule has 0 spiro atoms. The van der Waals surface area contributed by atoms with E-state index in [-0.39, 0.29) is 12.0 Å². The lowest BCUT2D eigenvalue weighted by Crippen LogP contribution is -2.30. The second-order valence-corrected chi connectivity index (χ2v) is 8.32. The summed E-state index contributed by atoms with van der Waals surface area (Å²) in [5.41, 5.74) is 6.12. The van der Waals surface area contributed by atoms with Crippen LogP contribution in [0.4, 0.5) is 0 Å². The third kappa shape index (κ3) is 7.31. The van der Waals surface area contributed by atoms with Gasteiger partial charge in [-0.3, -0.25) is 0 Å². The first kappa shape index (κ1) is 17.0. The molecule has 0 amide bonds. The van der Waals surface area contributed by atoms with Gasteiger partial charge >= 0.3 is 0 Å². The van der Waals surface area contributed by atoms with Gasteiger partial charge in [0.1, 0.15) is 0 Å². The van der Waals surface area contributed by atoms with E-state index in [9.17, 15) is 8.42 Å². The van der Waals surface area contributed by atoms with E-state index in [0.717, 1.165) is 19.3 Å². The van der Waals surface area contributed by atoms with E-state index in [2.05, 4.69) is 6.92 Å². The predicted octanol–water partition coefficient (Wildman–Crippen LogP) is 3.28. The van der Waals surface area contributed by atoms with Crippen molar-refractivity contribution in [3.8, 4) is 0 Å². The third-order valence-corrected chi connectivity index (χ3v) is 6.06. The molecular weight excluding hydrogens is 258 g/mol. The predicted molar refractivity (Wildman–Crippen MR) is 82.0 cm³/mol. The number of sulfone groups is 1. The Balaban J connectivity index is 1.97. The highest BCUT2D eigenvalue weighted by atomic mass is 32.2. The highest BCUT2D eigenvalue weighted by Crippen LogP contribution is 2.23. The molecule has 0 aromatic carbocycles. The summed E-state index contributed by atoms with van der Waals surface area (Å²) in [7, 11) is -2.77. The smallest absolute Gasteiger partial charge is 0.150 e. The summed E-state index contributed by atoms with van der Waals surface area (Å²) in [6, 6.07) is 0.0948. The van der Waals surface area contributed by atoms with Crippen LogP contribution in [0, 0.1) is 5.92 Å². The molecule has 0 aromatic rings. The lowest BCUT2D eigenvalue weighted by atomic mass is 9.94. The molecule has 1 heterocycles. The SMILES string of the molecule is CCCCCCCCCCC(N)C1CCS(=O)(=O)C1. The molecule has 1 fully saturated rings. The van der Waals surface area contributed by atoms with Crippen LogP contribution < -0.4 is 5.73 Å². The zero-order valence-corrected chi connectivity index (χ0v) is 13.3. The molecular formula is C15H31NO2S. The topological polar surface area (TPSA) is 60.2 Å². The highest BCUT2D eigenvalue weighted by Gasteiger charge is 2.31. The Morgan fingerprint density at radius 2 is 1.63 bits per heavy atom. The largest absolute Gasteiger partial charge is 0.327 e. The zero-order valence-electron chi connectivity index (χ0n) is 12.4. The summed E-state index contributed by atoms with van der Waals surface area (Å²) in [6.45, 7) is 2.24. The van der Waals surface area contributed by atoms with Crippen molar-refractivity contribution in [3.05, 3.63) is 0 Å². The molecule has 1 saturated heterocycles. The Bertz CT molecular complexity index is 327. The normalized spacial score (nSPS) is 23.6. The van der Waals surface area contributed by atoms with Crippen LogP contribution in [0.2, 0.25) is 0 Å². The van der Waals surface area contributed by atoms with Crippen molar-refractivity contribution in [2.75, 3.05) is 11.5 Å². The molecule has 2 atom stereocenters. The summed E-state index contributed by atoms with van der Waals surface area (Å²) >= 11 is 0. The first-order valence-corrected chi connectivity index (χ1v) is 9.83. The van der Waals surface area contributed by atoms with Gasteiger partial charge in [-0.1, -0.05) is 58.3 Å². The average Bonchev–Trinajstić information content (AvgIpc) is 2.73. The van der Waals surface area contributed by atoms with Gasteiger partial charge < -0.3 is 5.73 Å². The summed E-state index contributed by atoms with van der Waals surface area (Å²) in [5.74, 6) is 0.892. The highest BCUT2D eigenvalue weighted by molar-refractivity contribution is 7.91. The van der Waals surface area contributed by atoms with Crippen molar-refractivity contribution in [1.29, 1.82) is 0 Å². The lowest BCUT2D eigenvalue weighted by Gasteiger charge is -2.17. The third-order valence-electron chi connectivity index (χ3n) is 4.26. The average molecular weight is 289 g/mol. The molecule has 2 N–H and O–H groups in total. The fourth-order valence-electron chi connectivity index (χ4n) is 2.91. The van der Waals surface area contributed by atoms with Gasteiger partial charge in [0.15, 0.2) is 9.84 Å². The minimum Gasteiger partial charge on any atom is -0.327 e. The number of rotatable bonds is 10. The van der Waals surface area contributed by atoms with E-state index in [1.165, 1.54) is 44.9 Å². The molecule has 2 unspecified atom stereocenters. The van der Waals surface area contributed by atoms with Crippen LogP contribution in [-0.2, 0) is 9.84 Å². The van der Waals surface area contributed by atoms with Crippen molar-refractivity contribution in [1.82, 2.24) is 0 Å².